The third-order valence-corrected chi connectivity index (χ3v) is 7.92. The highest BCUT2D eigenvalue weighted by Crippen LogP contribution is 2.50. The summed E-state index contributed by atoms with van der Waals surface area (Å²) in [5, 5.41) is 17.5. The van der Waals surface area contributed by atoms with Gasteiger partial charge in [0.15, 0.2) is 23.0 Å². The van der Waals surface area contributed by atoms with Crippen molar-refractivity contribution in [2.75, 3.05) is 33.2 Å². The zero-order valence-electron chi connectivity index (χ0n) is 26.1. The van der Waals surface area contributed by atoms with Gasteiger partial charge in [-0.3, -0.25) is 18.8 Å². The number of anilines is 1. The molecule has 12 heteroatoms. The second-order valence-corrected chi connectivity index (χ2v) is 10.9. The van der Waals surface area contributed by atoms with Gasteiger partial charge in [0.05, 0.1) is 39.1 Å². The van der Waals surface area contributed by atoms with Crippen molar-refractivity contribution in [1.82, 2.24) is 25.2 Å². The number of hydrogen-bond acceptors (Lipinski definition) is 9. The van der Waals surface area contributed by atoms with E-state index in [9.17, 15) is 14.4 Å². The number of carbonyl (C=O) groups excluding carboxylic acids is 2. The maximum absolute atomic E-state index is 13.5. The molecule has 12 nitrogen and oxygen atoms in total. The predicted octanol–water partition coefficient (Wildman–Crippen LogP) is 3.98. The van der Waals surface area contributed by atoms with Crippen molar-refractivity contribution < 1.29 is 23.8 Å². The molecule has 236 valence electrons. The number of amides is 2. The van der Waals surface area contributed by atoms with E-state index in [1.165, 1.54) is 6.92 Å². The summed E-state index contributed by atoms with van der Waals surface area (Å²) in [7, 11) is 4.68. The quantitative estimate of drug-likeness (QED) is 0.214. The maximum atomic E-state index is 13.5. The Hall–Kier alpha value is -5.13. The van der Waals surface area contributed by atoms with Gasteiger partial charge < -0.3 is 30.2 Å². The minimum absolute atomic E-state index is 0.129. The SMILES string of the molecule is COc1cc2c(c(OC)c1OC)-c1ccc(NCCCC(=O)NC(C)c3nnc4ccccn34)c(=O)cc1C(NC(C)=O)CC2. The molecule has 0 fully saturated rings. The largest absolute Gasteiger partial charge is 0.493 e. The fourth-order valence-electron chi connectivity index (χ4n) is 5.86. The summed E-state index contributed by atoms with van der Waals surface area (Å²) in [5.74, 6) is 1.80. The Morgan fingerprint density at radius 2 is 1.84 bits per heavy atom. The number of nitrogens with zero attached hydrogens (tertiary/aromatic N) is 3. The van der Waals surface area contributed by atoms with Gasteiger partial charge in [0.2, 0.25) is 23.0 Å². The van der Waals surface area contributed by atoms with E-state index in [4.69, 9.17) is 14.2 Å². The van der Waals surface area contributed by atoms with Crippen molar-refractivity contribution in [3.63, 3.8) is 0 Å². The Bertz CT molecular complexity index is 1790. The molecule has 1 aliphatic carbocycles. The van der Waals surface area contributed by atoms with Crippen molar-refractivity contribution in [1.29, 1.82) is 0 Å². The number of aryl methyl sites for hydroxylation is 1. The molecule has 2 atom stereocenters. The third kappa shape index (κ3) is 6.54. The molecule has 2 unspecified atom stereocenters. The van der Waals surface area contributed by atoms with Gasteiger partial charge in [-0.05, 0) is 73.2 Å². The summed E-state index contributed by atoms with van der Waals surface area (Å²) >= 11 is 0. The van der Waals surface area contributed by atoms with Gasteiger partial charge in [-0.2, -0.15) is 0 Å². The van der Waals surface area contributed by atoms with Crippen molar-refractivity contribution in [3.8, 4) is 28.4 Å². The Balaban J connectivity index is 1.35. The van der Waals surface area contributed by atoms with E-state index in [2.05, 4.69) is 26.1 Å². The second kappa shape index (κ2) is 13.7. The fourth-order valence-corrected chi connectivity index (χ4v) is 5.86. The number of methoxy groups -OCH3 is 3. The van der Waals surface area contributed by atoms with Crippen LogP contribution in [0.25, 0.3) is 16.8 Å². The van der Waals surface area contributed by atoms with Crippen molar-refractivity contribution in [3.05, 3.63) is 75.8 Å². The summed E-state index contributed by atoms with van der Waals surface area (Å²) in [6.07, 6.45) is 3.80. The molecular formula is C33H38N6O6. The van der Waals surface area contributed by atoms with Crippen LogP contribution in [-0.4, -0.2) is 54.3 Å². The van der Waals surface area contributed by atoms with E-state index in [0.29, 0.717) is 65.8 Å². The number of fused-ring (bicyclic) bond motifs is 4. The molecule has 0 bridgehead atoms. The van der Waals surface area contributed by atoms with Gasteiger partial charge >= 0.3 is 0 Å². The fraction of sp³-hybridized carbons (Fsp3) is 0.364. The molecule has 0 spiro atoms. The molecule has 0 saturated heterocycles. The third-order valence-electron chi connectivity index (χ3n) is 7.92. The van der Waals surface area contributed by atoms with E-state index in [0.717, 1.165) is 16.7 Å². The number of pyridine rings is 1. The van der Waals surface area contributed by atoms with Crippen molar-refractivity contribution in [2.45, 2.75) is 51.6 Å². The minimum atomic E-state index is -0.396. The number of nitrogens with one attached hydrogen (secondary N) is 3. The summed E-state index contributed by atoms with van der Waals surface area (Å²) in [6, 6.07) is 12.0. The number of aromatic nitrogens is 3. The minimum Gasteiger partial charge on any atom is -0.493 e. The molecular weight excluding hydrogens is 576 g/mol. The Morgan fingerprint density at radius 1 is 1.04 bits per heavy atom. The smallest absolute Gasteiger partial charge is 0.220 e. The molecule has 45 heavy (non-hydrogen) atoms. The average molecular weight is 615 g/mol. The zero-order valence-corrected chi connectivity index (χ0v) is 26.1. The molecule has 2 aromatic carbocycles. The van der Waals surface area contributed by atoms with Crippen LogP contribution >= 0.6 is 0 Å². The highest BCUT2D eigenvalue weighted by Gasteiger charge is 2.29. The summed E-state index contributed by atoms with van der Waals surface area (Å²) in [6.45, 7) is 3.73. The zero-order chi connectivity index (χ0) is 32.1. The van der Waals surface area contributed by atoms with Crippen LogP contribution in [0, 0.1) is 0 Å². The topological polar surface area (TPSA) is 145 Å². The first kappa shape index (κ1) is 31.3. The molecule has 1 aliphatic rings. The molecule has 2 amide bonds. The van der Waals surface area contributed by atoms with Gasteiger partial charge in [-0.25, -0.2) is 0 Å². The monoisotopic (exact) mass is 614 g/mol. The number of ether oxygens (including phenoxy) is 3. The summed E-state index contributed by atoms with van der Waals surface area (Å²) in [4.78, 5) is 38.4. The van der Waals surface area contributed by atoms with Gasteiger partial charge in [0.25, 0.3) is 0 Å². The normalized spacial score (nSPS) is 14.4. The highest BCUT2D eigenvalue weighted by molar-refractivity contribution is 5.84. The van der Waals surface area contributed by atoms with E-state index < -0.39 is 6.04 Å². The molecule has 2 heterocycles. The number of carbonyl (C=O) groups is 2. The number of hydrogen-bond donors (Lipinski definition) is 3. The van der Waals surface area contributed by atoms with Crippen LogP contribution in [0.5, 0.6) is 17.2 Å². The lowest BCUT2D eigenvalue weighted by molar-refractivity contribution is -0.122. The summed E-state index contributed by atoms with van der Waals surface area (Å²) in [5.41, 5.74) is 4.03. The molecule has 4 aromatic rings. The molecule has 2 aromatic heterocycles. The highest BCUT2D eigenvalue weighted by atomic mass is 16.5. The van der Waals surface area contributed by atoms with Crippen LogP contribution in [0.3, 0.4) is 0 Å². The molecule has 5 rings (SSSR count). The summed E-state index contributed by atoms with van der Waals surface area (Å²) < 4.78 is 18.9. The van der Waals surface area contributed by atoms with Crippen LogP contribution in [0.1, 0.15) is 62.1 Å². The maximum Gasteiger partial charge on any atom is 0.220 e. The second-order valence-electron chi connectivity index (χ2n) is 10.9. The number of benzene rings is 1. The Morgan fingerprint density at radius 3 is 2.58 bits per heavy atom. The van der Waals surface area contributed by atoms with Gasteiger partial charge in [0.1, 0.15) is 0 Å². The Kier molecular flexibility index (Phi) is 9.50. The van der Waals surface area contributed by atoms with Crippen LogP contribution < -0.4 is 35.6 Å². The standard InChI is InChI=1S/C33H38N6O6/c1-19(33-38-37-28-9-6-7-16-39(28)33)35-29(42)10-8-15-34-25-14-12-22-23(18-26(25)41)24(36-20(2)40)13-11-21-17-27(43-3)31(44-4)32(45-5)30(21)22/h6-7,9,12,14,16-19,24H,8,10-11,13,15H2,1-5H3,(H,34,41)(H,35,42)(H,36,40). The van der Waals surface area contributed by atoms with Crippen molar-refractivity contribution in [2.24, 2.45) is 0 Å². The van der Waals surface area contributed by atoms with Crippen LogP contribution in [-0.2, 0) is 16.0 Å². The Labute approximate surface area is 261 Å². The molecule has 0 radical (unpaired) electrons. The van der Waals surface area contributed by atoms with Gasteiger partial charge in [-0.15, -0.1) is 10.2 Å². The number of rotatable bonds is 11. The lowest BCUT2D eigenvalue weighted by Crippen LogP contribution is -2.28. The van der Waals surface area contributed by atoms with Crippen LogP contribution in [0.4, 0.5) is 5.69 Å². The first-order chi connectivity index (χ1) is 21.7. The molecule has 0 aliphatic heterocycles. The first-order valence-electron chi connectivity index (χ1n) is 14.9. The lowest BCUT2D eigenvalue weighted by Gasteiger charge is -2.19. The van der Waals surface area contributed by atoms with E-state index >= 15 is 0 Å². The van der Waals surface area contributed by atoms with E-state index in [-0.39, 0.29) is 29.7 Å². The van der Waals surface area contributed by atoms with Crippen LogP contribution in [0.15, 0.2) is 53.5 Å². The first-order valence-corrected chi connectivity index (χ1v) is 14.9. The van der Waals surface area contributed by atoms with Crippen LogP contribution in [0.2, 0.25) is 0 Å². The average Bonchev–Trinajstić information content (AvgIpc) is 3.33. The predicted molar refractivity (Wildman–Crippen MR) is 170 cm³/mol. The molecule has 3 N–H and O–H groups in total. The van der Waals surface area contributed by atoms with E-state index in [1.807, 2.05) is 47.9 Å². The van der Waals surface area contributed by atoms with E-state index in [1.54, 1.807) is 33.5 Å². The molecule has 0 saturated carbocycles. The van der Waals surface area contributed by atoms with Gasteiger partial charge in [0, 0.05) is 31.6 Å². The lowest BCUT2D eigenvalue weighted by atomic mass is 9.95. The van der Waals surface area contributed by atoms with Gasteiger partial charge in [-0.1, -0.05) is 12.1 Å². The van der Waals surface area contributed by atoms with Crippen molar-refractivity contribution >= 4 is 23.1 Å².